The summed E-state index contributed by atoms with van der Waals surface area (Å²) in [4.78, 5) is 26.7. The Bertz CT molecular complexity index is 334. The average molecular weight is 222 g/mol. The first-order valence-corrected chi connectivity index (χ1v) is 5.28. The number of hydrogen-bond acceptors (Lipinski definition) is 2. The summed E-state index contributed by atoms with van der Waals surface area (Å²) in [5, 5.41) is 0. The van der Waals surface area contributed by atoms with Crippen molar-refractivity contribution in [1.82, 2.24) is 9.80 Å². The van der Waals surface area contributed by atoms with Gasteiger partial charge in [0.15, 0.2) is 0 Å². The second-order valence-corrected chi connectivity index (χ2v) is 4.46. The van der Waals surface area contributed by atoms with Gasteiger partial charge < -0.3 is 4.90 Å². The summed E-state index contributed by atoms with van der Waals surface area (Å²) in [7, 11) is 0. The van der Waals surface area contributed by atoms with Gasteiger partial charge in [0.25, 0.3) is 0 Å². The first kappa shape index (κ1) is 12.5. The maximum absolute atomic E-state index is 12.1. The fourth-order valence-electron chi connectivity index (χ4n) is 1.84. The zero-order chi connectivity index (χ0) is 12.3. The molecule has 1 aliphatic rings. The van der Waals surface area contributed by atoms with E-state index in [0.29, 0.717) is 13.0 Å². The molecule has 0 aliphatic carbocycles. The SMILES string of the molecule is C=CCN1C(=O)CC(C)(C)N(CC=C)C1=O. The molecule has 0 aromatic heterocycles. The summed E-state index contributed by atoms with van der Waals surface area (Å²) in [5.74, 6) is -0.143. The van der Waals surface area contributed by atoms with Crippen LogP contribution in [-0.4, -0.2) is 40.4 Å². The Morgan fingerprint density at radius 1 is 1.25 bits per heavy atom. The van der Waals surface area contributed by atoms with Crippen LogP contribution in [0, 0.1) is 0 Å². The zero-order valence-corrected chi connectivity index (χ0v) is 9.90. The third-order valence-corrected chi connectivity index (χ3v) is 2.70. The molecule has 0 aromatic carbocycles. The van der Waals surface area contributed by atoms with E-state index in [1.54, 1.807) is 17.1 Å². The van der Waals surface area contributed by atoms with Gasteiger partial charge in [-0.2, -0.15) is 0 Å². The quantitative estimate of drug-likeness (QED) is 0.680. The number of amides is 3. The van der Waals surface area contributed by atoms with Crippen molar-refractivity contribution in [1.29, 1.82) is 0 Å². The predicted octanol–water partition coefficient (Wildman–Crippen LogP) is 1.79. The molecule has 0 bridgehead atoms. The lowest BCUT2D eigenvalue weighted by atomic mass is 9.95. The highest BCUT2D eigenvalue weighted by Crippen LogP contribution is 2.26. The van der Waals surface area contributed by atoms with E-state index in [1.165, 1.54) is 4.90 Å². The van der Waals surface area contributed by atoms with Crippen molar-refractivity contribution in [2.24, 2.45) is 0 Å². The van der Waals surface area contributed by atoms with Crippen LogP contribution in [0.2, 0.25) is 0 Å². The molecule has 1 saturated heterocycles. The summed E-state index contributed by atoms with van der Waals surface area (Å²) < 4.78 is 0. The molecule has 16 heavy (non-hydrogen) atoms. The molecule has 88 valence electrons. The lowest BCUT2D eigenvalue weighted by molar-refractivity contribution is -0.134. The topological polar surface area (TPSA) is 40.6 Å². The van der Waals surface area contributed by atoms with Crippen LogP contribution in [0.5, 0.6) is 0 Å². The van der Waals surface area contributed by atoms with Gasteiger partial charge in [0.1, 0.15) is 0 Å². The van der Waals surface area contributed by atoms with Crippen molar-refractivity contribution in [3.05, 3.63) is 25.3 Å². The summed E-state index contributed by atoms with van der Waals surface area (Å²) in [6.07, 6.45) is 3.56. The van der Waals surface area contributed by atoms with E-state index in [1.807, 2.05) is 13.8 Å². The van der Waals surface area contributed by atoms with Crippen molar-refractivity contribution < 1.29 is 9.59 Å². The molecule has 4 heteroatoms. The Balaban J connectivity index is 2.97. The minimum Gasteiger partial charge on any atom is -0.315 e. The third kappa shape index (κ3) is 2.15. The van der Waals surface area contributed by atoms with Gasteiger partial charge in [-0.3, -0.25) is 9.69 Å². The van der Waals surface area contributed by atoms with Gasteiger partial charge in [-0.15, -0.1) is 13.2 Å². The van der Waals surface area contributed by atoms with Gasteiger partial charge in [0, 0.05) is 18.6 Å². The largest absolute Gasteiger partial charge is 0.327 e. The molecule has 1 heterocycles. The van der Waals surface area contributed by atoms with Crippen molar-refractivity contribution in [2.75, 3.05) is 13.1 Å². The monoisotopic (exact) mass is 222 g/mol. The molecule has 0 aromatic rings. The van der Waals surface area contributed by atoms with E-state index in [9.17, 15) is 9.59 Å². The van der Waals surface area contributed by atoms with Crippen LogP contribution in [0.15, 0.2) is 25.3 Å². The molecule has 0 N–H and O–H groups in total. The molecule has 0 atom stereocenters. The molecule has 0 unspecified atom stereocenters. The Morgan fingerprint density at radius 3 is 2.31 bits per heavy atom. The van der Waals surface area contributed by atoms with Gasteiger partial charge in [0.05, 0.1) is 6.42 Å². The van der Waals surface area contributed by atoms with Crippen molar-refractivity contribution in [3.8, 4) is 0 Å². The van der Waals surface area contributed by atoms with Gasteiger partial charge in [-0.25, -0.2) is 4.79 Å². The van der Waals surface area contributed by atoms with Gasteiger partial charge in [0.2, 0.25) is 5.91 Å². The summed E-state index contributed by atoms with van der Waals surface area (Å²) >= 11 is 0. The van der Waals surface area contributed by atoms with E-state index < -0.39 is 5.54 Å². The molecule has 0 radical (unpaired) electrons. The lowest BCUT2D eigenvalue weighted by Crippen LogP contribution is -2.61. The number of rotatable bonds is 4. The molecule has 1 fully saturated rings. The van der Waals surface area contributed by atoms with Gasteiger partial charge in [-0.05, 0) is 13.8 Å². The molecule has 0 spiro atoms. The number of urea groups is 1. The Morgan fingerprint density at radius 2 is 1.81 bits per heavy atom. The van der Waals surface area contributed by atoms with E-state index >= 15 is 0 Å². The van der Waals surface area contributed by atoms with Crippen LogP contribution in [0.25, 0.3) is 0 Å². The van der Waals surface area contributed by atoms with Crippen LogP contribution in [0.3, 0.4) is 0 Å². The van der Waals surface area contributed by atoms with Crippen molar-refractivity contribution >= 4 is 11.9 Å². The fourth-order valence-corrected chi connectivity index (χ4v) is 1.84. The van der Waals surface area contributed by atoms with E-state index in [0.717, 1.165) is 0 Å². The molecular formula is C12H18N2O2. The van der Waals surface area contributed by atoms with Crippen LogP contribution in [0.4, 0.5) is 4.79 Å². The third-order valence-electron chi connectivity index (χ3n) is 2.70. The van der Waals surface area contributed by atoms with Crippen molar-refractivity contribution in [3.63, 3.8) is 0 Å². The Kier molecular flexibility index (Phi) is 3.52. The minimum atomic E-state index is -0.444. The fraction of sp³-hybridized carbons (Fsp3) is 0.500. The highest BCUT2D eigenvalue weighted by Gasteiger charge is 2.42. The summed E-state index contributed by atoms with van der Waals surface area (Å²) in [6.45, 7) is 11.7. The number of hydrogen-bond donors (Lipinski definition) is 0. The van der Waals surface area contributed by atoms with Crippen LogP contribution in [-0.2, 0) is 4.79 Å². The van der Waals surface area contributed by atoms with E-state index in [2.05, 4.69) is 13.2 Å². The summed E-state index contributed by atoms with van der Waals surface area (Å²) in [5.41, 5.74) is -0.444. The number of imide groups is 1. The maximum Gasteiger partial charge on any atom is 0.327 e. The van der Waals surface area contributed by atoms with E-state index in [-0.39, 0.29) is 18.5 Å². The summed E-state index contributed by atoms with van der Waals surface area (Å²) in [6, 6.07) is -0.263. The zero-order valence-electron chi connectivity index (χ0n) is 9.90. The molecular weight excluding hydrogens is 204 g/mol. The molecule has 1 rings (SSSR count). The van der Waals surface area contributed by atoms with Crippen molar-refractivity contribution in [2.45, 2.75) is 25.8 Å². The second-order valence-electron chi connectivity index (χ2n) is 4.46. The van der Waals surface area contributed by atoms with Gasteiger partial charge >= 0.3 is 6.03 Å². The lowest BCUT2D eigenvalue weighted by Gasteiger charge is -2.44. The first-order valence-electron chi connectivity index (χ1n) is 5.28. The molecule has 4 nitrogen and oxygen atoms in total. The maximum atomic E-state index is 12.1. The highest BCUT2D eigenvalue weighted by molar-refractivity contribution is 5.98. The molecule has 1 aliphatic heterocycles. The predicted molar refractivity (Wildman–Crippen MR) is 62.9 cm³/mol. The number of carbonyl (C=O) groups excluding carboxylic acids is 2. The van der Waals surface area contributed by atoms with Crippen LogP contribution < -0.4 is 0 Å². The highest BCUT2D eigenvalue weighted by atomic mass is 16.2. The van der Waals surface area contributed by atoms with Crippen LogP contribution >= 0.6 is 0 Å². The second kappa shape index (κ2) is 4.51. The van der Waals surface area contributed by atoms with Gasteiger partial charge in [-0.1, -0.05) is 12.2 Å². The van der Waals surface area contributed by atoms with Crippen LogP contribution in [0.1, 0.15) is 20.3 Å². The first-order chi connectivity index (χ1) is 7.44. The Hall–Kier alpha value is -1.58. The smallest absolute Gasteiger partial charge is 0.315 e. The standard InChI is InChI=1S/C12H18N2O2/c1-5-7-13-10(15)9-12(3,4)14(8-6-2)11(13)16/h5-6H,1-2,7-9H2,3-4H3. The van der Waals surface area contributed by atoms with E-state index in [4.69, 9.17) is 0 Å². The molecule has 0 saturated carbocycles. The number of nitrogens with zero attached hydrogens (tertiary/aromatic N) is 2. The minimum absolute atomic E-state index is 0.143. The molecule has 3 amide bonds. The number of carbonyl (C=O) groups is 2. The average Bonchev–Trinajstić information content (AvgIpc) is 2.18. The normalized spacial score (nSPS) is 19.9. The Labute approximate surface area is 96.2 Å².